The Balaban J connectivity index is 0.00000364. The van der Waals surface area contributed by atoms with Crippen LogP contribution in [0.5, 0.6) is 0 Å². The molecule has 0 bridgehead atoms. The van der Waals surface area contributed by atoms with Gasteiger partial charge in [0.1, 0.15) is 0 Å². The Morgan fingerprint density at radius 2 is 1.54 bits per heavy atom. The number of hydrogen-bond donors (Lipinski definition) is 1. The largest absolute Gasteiger partial charge is 1.00 e. The number of hydrogen-bond acceptors (Lipinski definition) is 5. The van der Waals surface area contributed by atoms with Crippen LogP contribution in [0.4, 0.5) is 0 Å². The molecule has 2 aromatic carbocycles. The molecule has 0 aromatic heterocycles. The molecule has 0 fully saturated rings. The number of phosphoric ester groups is 1. The molecule has 0 heterocycles. The molecule has 1 amide bonds. The first-order valence-electron chi connectivity index (χ1n) is 8.49. The zero-order valence-electron chi connectivity index (χ0n) is 16.4. The molecule has 6 nitrogen and oxygen atoms in total. The molecule has 1 atom stereocenters. The fourth-order valence-corrected chi connectivity index (χ4v) is 2.93. The molecule has 9 heteroatoms. The van der Waals surface area contributed by atoms with E-state index in [0.29, 0.717) is 18.4 Å². The van der Waals surface area contributed by atoms with Crippen LogP contribution in [0, 0.1) is 0 Å². The summed E-state index contributed by atoms with van der Waals surface area (Å²) in [6.07, 6.45) is 2.81. The van der Waals surface area contributed by atoms with Crippen molar-refractivity contribution < 1.29 is 82.8 Å². The van der Waals surface area contributed by atoms with Crippen molar-refractivity contribution in [3.63, 3.8) is 0 Å². The number of amides is 1. The van der Waals surface area contributed by atoms with Crippen molar-refractivity contribution in [2.75, 3.05) is 6.61 Å². The number of unbranched alkanes of at least 4 members (excludes halogenated alkanes) is 1. The fraction of sp³-hybridized carbons (Fsp3) is 0.316. The molecule has 0 aliphatic carbocycles. The van der Waals surface area contributed by atoms with Crippen LogP contribution in [0.25, 0.3) is 0 Å². The number of carbonyl (C=O) groups excluding carboxylic acids is 1. The van der Waals surface area contributed by atoms with Gasteiger partial charge in [0.15, 0.2) is 0 Å². The van der Waals surface area contributed by atoms with E-state index < -0.39 is 20.5 Å². The number of phosphoric acid groups is 1. The maximum absolute atomic E-state index is 12.2. The predicted molar refractivity (Wildman–Crippen MR) is 94.9 cm³/mol. The molecule has 28 heavy (non-hydrogen) atoms. The first-order valence-corrected chi connectivity index (χ1v) is 9.95. The van der Waals surface area contributed by atoms with Gasteiger partial charge in [-0.3, -0.25) is 4.79 Å². The molecule has 2 aromatic rings. The minimum atomic E-state index is -5.09. The molecule has 0 spiro atoms. The van der Waals surface area contributed by atoms with Gasteiger partial charge in [0.25, 0.3) is 0 Å². The minimum absolute atomic E-state index is 0. The van der Waals surface area contributed by atoms with Crippen molar-refractivity contribution in [2.24, 2.45) is 0 Å². The molecule has 0 saturated carbocycles. The van der Waals surface area contributed by atoms with E-state index >= 15 is 0 Å². The van der Waals surface area contributed by atoms with E-state index in [2.05, 4.69) is 9.84 Å². The summed E-state index contributed by atoms with van der Waals surface area (Å²) < 4.78 is 15.1. The Kier molecular flexibility index (Phi) is 14.9. The van der Waals surface area contributed by atoms with Gasteiger partial charge in [-0.05, 0) is 30.4 Å². The van der Waals surface area contributed by atoms with Crippen molar-refractivity contribution in [3.8, 4) is 0 Å². The van der Waals surface area contributed by atoms with Gasteiger partial charge in [-0.25, -0.2) is 0 Å². The van der Waals surface area contributed by atoms with Crippen LogP contribution in [-0.4, -0.2) is 12.5 Å². The Labute approximate surface area is 210 Å². The van der Waals surface area contributed by atoms with E-state index in [1.165, 1.54) is 5.56 Å². The average Bonchev–Trinajstić information content (AvgIpc) is 2.63. The van der Waals surface area contributed by atoms with E-state index in [1.54, 1.807) is 30.3 Å². The van der Waals surface area contributed by atoms with Crippen LogP contribution in [0.3, 0.4) is 0 Å². The second-order valence-electron chi connectivity index (χ2n) is 5.97. The number of aryl methyl sites for hydroxylation is 1. The van der Waals surface area contributed by atoms with Crippen LogP contribution in [0.15, 0.2) is 60.7 Å². The number of benzene rings is 2. The zero-order valence-corrected chi connectivity index (χ0v) is 21.3. The quantitative estimate of drug-likeness (QED) is 0.240. The number of carbonyl (C=O) groups is 1. The maximum atomic E-state index is 12.2. The van der Waals surface area contributed by atoms with Gasteiger partial charge in [-0.1, -0.05) is 60.7 Å². The van der Waals surface area contributed by atoms with Crippen LogP contribution >= 0.6 is 7.82 Å². The van der Waals surface area contributed by atoms with Crippen LogP contribution in [-0.2, 0) is 20.3 Å². The Bertz CT molecular complexity index is 728. The summed E-state index contributed by atoms with van der Waals surface area (Å²) in [5.74, 6) is -0.206. The van der Waals surface area contributed by atoms with Gasteiger partial charge in [0.2, 0.25) is 5.91 Å². The summed E-state index contributed by atoms with van der Waals surface area (Å²) in [6.45, 7) is -0.413. The number of nitrogens with one attached hydrogen (secondary N) is 1. The van der Waals surface area contributed by atoms with Gasteiger partial charge >= 0.3 is 59.1 Å². The molecule has 0 aliphatic rings. The number of rotatable bonds is 10. The van der Waals surface area contributed by atoms with Crippen molar-refractivity contribution >= 4 is 13.7 Å². The van der Waals surface area contributed by atoms with Crippen molar-refractivity contribution in [2.45, 2.75) is 31.7 Å². The third-order valence-electron chi connectivity index (χ3n) is 3.90. The molecule has 2 rings (SSSR count). The van der Waals surface area contributed by atoms with Crippen LogP contribution in [0.1, 0.15) is 36.4 Å². The molecule has 0 saturated heterocycles. The van der Waals surface area contributed by atoms with Gasteiger partial charge in [0, 0.05) is 6.42 Å². The SMILES string of the molecule is O=C(CCCCc1ccccc1)N[C@@H](COP(=O)([O-])[O-])c1ccccc1.[Na+].[Na+]. The Hall–Kier alpha value is 0.0200. The summed E-state index contributed by atoms with van der Waals surface area (Å²) in [6, 6.07) is 18.2. The minimum Gasteiger partial charge on any atom is -0.790 e. The van der Waals surface area contributed by atoms with Gasteiger partial charge < -0.3 is 24.2 Å². The maximum Gasteiger partial charge on any atom is 1.00 e. The third kappa shape index (κ3) is 11.9. The second-order valence-corrected chi connectivity index (χ2v) is 7.12. The van der Waals surface area contributed by atoms with Gasteiger partial charge in [-0.15, -0.1) is 0 Å². The van der Waals surface area contributed by atoms with Gasteiger partial charge in [0.05, 0.1) is 20.5 Å². The predicted octanol–water partition coefficient (Wildman–Crippen LogP) is -3.89. The van der Waals surface area contributed by atoms with E-state index in [4.69, 9.17) is 0 Å². The van der Waals surface area contributed by atoms with Crippen LogP contribution in [0.2, 0.25) is 0 Å². The first kappa shape index (κ1) is 28.0. The standard InChI is InChI=1S/C19H24NO5P.2Na/c21-19(14-8-7-11-16-9-3-1-4-10-16)20-18(15-25-26(22,23)24)17-12-5-2-6-13-17;;/h1-6,9-10,12-13,18H,7-8,11,14-15H2,(H,20,21)(H2,22,23,24);;/q;2*+1/p-2/t18-;;/m0../s1. The summed E-state index contributed by atoms with van der Waals surface area (Å²) in [4.78, 5) is 33.6. The molecular weight excluding hydrogens is 399 g/mol. The van der Waals surface area contributed by atoms with Crippen molar-refractivity contribution in [1.29, 1.82) is 0 Å². The molecule has 0 radical (unpaired) electrons. The Morgan fingerprint density at radius 3 is 2.11 bits per heavy atom. The third-order valence-corrected chi connectivity index (χ3v) is 4.36. The van der Waals surface area contributed by atoms with Crippen LogP contribution < -0.4 is 74.2 Å². The summed E-state index contributed by atoms with van der Waals surface area (Å²) in [7, 11) is -5.09. The summed E-state index contributed by atoms with van der Waals surface area (Å²) >= 11 is 0. The Morgan fingerprint density at radius 1 is 0.964 bits per heavy atom. The van der Waals surface area contributed by atoms with E-state index in [0.717, 1.165) is 12.8 Å². The second kappa shape index (κ2) is 14.9. The van der Waals surface area contributed by atoms with Crippen molar-refractivity contribution in [3.05, 3.63) is 71.8 Å². The van der Waals surface area contributed by atoms with Gasteiger partial charge in [-0.2, -0.15) is 0 Å². The van der Waals surface area contributed by atoms with Crippen molar-refractivity contribution in [1.82, 2.24) is 5.32 Å². The molecule has 1 N–H and O–H groups in total. The molecule has 0 unspecified atom stereocenters. The normalized spacial score (nSPS) is 11.6. The van der Waals surface area contributed by atoms with E-state index in [1.807, 2.05) is 30.3 Å². The molecule has 0 aliphatic heterocycles. The van der Waals surface area contributed by atoms with E-state index in [-0.39, 0.29) is 65.0 Å². The monoisotopic (exact) mass is 421 g/mol. The topological polar surface area (TPSA) is 102 Å². The van der Waals surface area contributed by atoms with E-state index in [9.17, 15) is 19.1 Å². The fourth-order valence-electron chi connectivity index (χ4n) is 2.60. The smallest absolute Gasteiger partial charge is 0.790 e. The summed E-state index contributed by atoms with van der Waals surface area (Å²) in [5, 5.41) is 2.74. The summed E-state index contributed by atoms with van der Waals surface area (Å²) in [5.41, 5.74) is 1.91. The average molecular weight is 421 g/mol. The molecule has 140 valence electrons. The molecular formula is C19H22NNa2O5P. The zero-order chi connectivity index (χ0) is 18.8. The first-order chi connectivity index (χ1) is 12.4.